The van der Waals surface area contributed by atoms with E-state index in [1.807, 2.05) is 18.3 Å². The summed E-state index contributed by atoms with van der Waals surface area (Å²) in [7, 11) is 0. The van der Waals surface area contributed by atoms with Crippen LogP contribution >= 0.6 is 11.6 Å². The summed E-state index contributed by atoms with van der Waals surface area (Å²) in [6.45, 7) is 5.06. The average molecular weight is 339 g/mol. The number of nitrogens with zero attached hydrogens (tertiary/aromatic N) is 4. The Labute approximate surface area is 146 Å². The summed E-state index contributed by atoms with van der Waals surface area (Å²) in [5.41, 5.74) is 3.28. The number of halogens is 1. The van der Waals surface area contributed by atoms with E-state index in [0.29, 0.717) is 5.02 Å². The van der Waals surface area contributed by atoms with E-state index >= 15 is 0 Å². The van der Waals surface area contributed by atoms with Crippen LogP contribution in [-0.4, -0.2) is 41.3 Å². The minimum absolute atomic E-state index is 0.657. The van der Waals surface area contributed by atoms with E-state index in [1.54, 1.807) is 0 Å². The van der Waals surface area contributed by atoms with Crippen molar-refractivity contribution in [3.05, 3.63) is 65.3 Å². The van der Waals surface area contributed by atoms with Gasteiger partial charge in [-0.15, -0.1) is 5.10 Å². The average Bonchev–Trinajstić information content (AvgIpc) is 2.63. The van der Waals surface area contributed by atoms with Crippen molar-refractivity contribution in [2.45, 2.75) is 6.54 Å². The molecule has 0 spiro atoms. The summed E-state index contributed by atoms with van der Waals surface area (Å²) in [6.07, 6.45) is 1.85. The molecule has 4 rings (SSSR count). The van der Waals surface area contributed by atoms with Gasteiger partial charge in [0.25, 0.3) is 0 Å². The number of benzene rings is 2. The first-order valence-electron chi connectivity index (χ1n) is 8.22. The molecule has 3 aromatic rings. The molecule has 0 radical (unpaired) electrons. The fraction of sp³-hybridized carbons (Fsp3) is 0.263. The zero-order chi connectivity index (χ0) is 16.4. The Morgan fingerprint density at radius 3 is 2.50 bits per heavy atom. The minimum Gasteiger partial charge on any atom is -0.367 e. The molecule has 0 amide bonds. The second-order valence-corrected chi connectivity index (χ2v) is 6.52. The molecule has 5 heteroatoms. The van der Waals surface area contributed by atoms with Gasteiger partial charge in [0.1, 0.15) is 5.52 Å². The van der Waals surface area contributed by atoms with Crippen molar-refractivity contribution >= 4 is 28.2 Å². The normalized spacial score (nSPS) is 15.8. The Balaban J connectivity index is 1.49. The molecule has 0 aliphatic carbocycles. The minimum atomic E-state index is 0.657. The predicted molar refractivity (Wildman–Crippen MR) is 98.5 cm³/mol. The molecular weight excluding hydrogens is 320 g/mol. The molecule has 0 unspecified atom stereocenters. The van der Waals surface area contributed by atoms with E-state index in [2.05, 4.69) is 56.4 Å². The van der Waals surface area contributed by atoms with Crippen molar-refractivity contribution < 1.29 is 0 Å². The van der Waals surface area contributed by atoms with Gasteiger partial charge >= 0.3 is 0 Å². The van der Waals surface area contributed by atoms with Crippen LogP contribution in [0.25, 0.3) is 10.9 Å². The third-order valence-corrected chi connectivity index (χ3v) is 4.87. The fourth-order valence-corrected chi connectivity index (χ4v) is 3.49. The maximum atomic E-state index is 6.25. The van der Waals surface area contributed by atoms with Gasteiger partial charge in [0.2, 0.25) is 0 Å². The van der Waals surface area contributed by atoms with E-state index < -0.39 is 0 Å². The zero-order valence-corrected chi connectivity index (χ0v) is 14.2. The molecule has 1 aliphatic heterocycles. The molecule has 24 heavy (non-hydrogen) atoms. The number of rotatable bonds is 3. The molecule has 0 N–H and O–H groups in total. The van der Waals surface area contributed by atoms with E-state index in [4.69, 9.17) is 11.6 Å². The Morgan fingerprint density at radius 2 is 1.71 bits per heavy atom. The van der Waals surface area contributed by atoms with Crippen molar-refractivity contribution in [2.75, 3.05) is 31.1 Å². The van der Waals surface area contributed by atoms with Crippen LogP contribution in [0.5, 0.6) is 0 Å². The van der Waals surface area contributed by atoms with E-state index in [1.165, 1.54) is 5.56 Å². The van der Waals surface area contributed by atoms with Crippen molar-refractivity contribution in [1.82, 2.24) is 15.1 Å². The van der Waals surface area contributed by atoms with E-state index in [-0.39, 0.29) is 0 Å². The number of fused-ring (bicyclic) bond motifs is 1. The fourth-order valence-electron chi connectivity index (χ4n) is 3.27. The summed E-state index contributed by atoms with van der Waals surface area (Å²) < 4.78 is 0. The first-order valence-corrected chi connectivity index (χ1v) is 8.60. The molecule has 0 atom stereocenters. The summed E-state index contributed by atoms with van der Waals surface area (Å²) in [6, 6.07) is 16.6. The summed E-state index contributed by atoms with van der Waals surface area (Å²) in [4.78, 5) is 4.88. The number of hydrogen-bond acceptors (Lipinski definition) is 4. The first-order chi connectivity index (χ1) is 11.8. The summed E-state index contributed by atoms with van der Waals surface area (Å²) in [5, 5.41) is 10.1. The van der Waals surface area contributed by atoms with Gasteiger partial charge in [0.05, 0.1) is 16.9 Å². The third kappa shape index (κ3) is 3.07. The van der Waals surface area contributed by atoms with Crippen LogP contribution < -0.4 is 4.90 Å². The van der Waals surface area contributed by atoms with Gasteiger partial charge in [-0.2, -0.15) is 5.10 Å². The van der Waals surface area contributed by atoms with Crippen molar-refractivity contribution in [2.24, 2.45) is 0 Å². The highest BCUT2D eigenvalue weighted by atomic mass is 35.5. The van der Waals surface area contributed by atoms with Gasteiger partial charge in [0.15, 0.2) is 0 Å². The number of anilines is 1. The quantitative estimate of drug-likeness (QED) is 0.730. The van der Waals surface area contributed by atoms with Crippen LogP contribution in [0.4, 0.5) is 5.69 Å². The highest BCUT2D eigenvalue weighted by molar-refractivity contribution is 6.35. The number of aromatic nitrogens is 2. The second kappa shape index (κ2) is 6.75. The maximum Gasteiger partial charge on any atom is 0.114 e. The standard InChI is InChI=1S/C19H19ClN4/c20-17-8-4-7-16-18(13-21-22-19(16)17)24-11-9-23(10-12-24)14-15-5-2-1-3-6-15/h1-8,13H,9-12,14H2. The smallest absolute Gasteiger partial charge is 0.114 e. The molecular formula is C19H19ClN4. The van der Waals surface area contributed by atoms with Gasteiger partial charge in [-0.05, 0) is 11.6 Å². The number of piperazine rings is 1. The summed E-state index contributed by atoms with van der Waals surface area (Å²) in [5.74, 6) is 0. The highest BCUT2D eigenvalue weighted by Gasteiger charge is 2.19. The molecule has 4 nitrogen and oxygen atoms in total. The molecule has 0 bridgehead atoms. The lowest BCUT2D eigenvalue weighted by Gasteiger charge is -2.36. The first kappa shape index (κ1) is 15.4. The maximum absolute atomic E-state index is 6.25. The van der Waals surface area contributed by atoms with E-state index in [9.17, 15) is 0 Å². The monoisotopic (exact) mass is 338 g/mol. The zero-order valence-electron chi connectivity index (χ0n) is 13.4. The molecule has 1 fully saturated rings. The lowest BCUT2D eigenvalue weighted by atomic mass is 10.1. The van der Waals surface area contributed by atoms with Gasteiger partial charge in [-0.3, -0.25) is 4.90 Å². The van der Waals surface area contributed by atoms with Crippen molar-refractivity contribution in [1.29, 1.82) is 0 Å². The predicted octanol–water partition coefficient (Wildman–Crippen LogP) is 3.61. The Morgan fingerprint density at radius 1 is 0.917 bits per heavy atom. The van der Waals surface area contributed by atoms with Crippen LogP contribution in [-0.2, 0) is 6.54 Å². The van der Waals surface area contributed by atoms with Crippen LogP contribution in [0.15, 0.2) is 54.7 Å². The molecule has 2 aromatic carbocycles. The van der Waals surface area contributed by atoms with Gasteiger partial charge in [0, 0.05) is 38.1 Å². The van der Waals surface area contributed by atoms with Gasteiger partial charge in [-0.25, -0.2) is 0 Å². The lowest BCUT2D eigenvalue weighted by molar-refractivity contribution is 0.250. The Bertz CT molecular complexity index is 829. The molecule has 122 valence electrons. The molecule has 0 saturated carbocycles. The summed E-state index contributed by atoms with van der Waals surface area (Å²) >= 11 is 6.25. The molecule has 2 heterocycles. The van der Waals surface area contributed by atoms with Crippen LogP contribution in [0.3, 0.4) is 0 Å². The van der Waals surface area contributed by atoms with Gasteiger partial charge < -0.3 is 4.90 Å². The van der Waals surface area contributed by atoms with Crippen LogP contribution in [0.1, 0.15) is 5.56 Å². The van der Waals surface area contributed by atoms with Crippen LogP contribution in [0.2, 0.25) is 5.02 Å². The number of hydrogen-bond donors (Lipinski definition) is 0. The molecule has 1 aliphatic rings. The van der Waals surface area contributed by atoms with Crippen LogP contribution in [0, 0.1) is 0 Å². The SMILES string of the molecule is Clc1cccc2c(N3CCN(Cc4ccccc4)CC3)cnnc12. The van der Waals surface area contributed by atoms with E-state index in [0.717, 1.165) is 49.3 Å². The lowest BCUT2D eigenvalue weighted by Crippen LogP contribution is -2.46. The third-order valence-electron chi connectivity index (χ3n) is 4.56. The Hall–Kier alpha value is -2.17. The van der Waals surface area contributed by atoms with Crippen molar-refractivity contribution in [3.63, 3.8) is 0 Å². The Kier molecular flexibility index (Phi) is 4.32. The van der Waals surface area contributed by atoms with Crippen molar-refractivity contribution in [3.8, 4) is 0 Å². The largest absolute Gasteiger partial charge is 0.367 e. The highest BCUT2D eigenvalue weighted by Crippen LogP contribution is 2.29. The topological polar surface area (TPSA) is 32.3 Å². The second-order valence-electron chi connectivity index (χ2n) is 6.11. The molecule has 1 saturated heterocycles. The van der Waals surface area contributed by atoms with Gasteiger partial charge in [-0.1, -0.05) is 54.1 Å². The molecule has 1 aromatic heterocycles.